The van der Waals surface area contributed by atoms with Crippen LogP contribution in [0.1, 0.15) is 44.9 Å². The quantitative estimate of drug-likeness (QED) is 0.778. The predicted octanol–water partition coefficient (Wildman–Crippen LogP) is 2.88. The predicted molar refractivity (Wildman–Crippen MR) is 85.1 cm³/mol. The molecule has 4 rings (SSSR count). The Hall–Kier alpha value is -0.540. The molecular weight excluding hydrogens is 260 g/mol. The van der Waals surface area contributed by atoms with Crippen molar-refractivity contribution >= 4 is 0 Å². The van der Waals surface area contributed by atoms with Gasteiger partial charge in [0, 0.05) is 31.2 Å². The first-order valence-electron chi connectivity index (χ1n) is 9.16. The fourth-order valence-electron chi connectivity index (χ4n) is 5.07. The molecule has 3 heterocycles. The van der Waals surface area contributed by atoms with Gasteiger partial charge in [-0.3, -0.25) is 0 Å². The van der Waals surface area contributed by atoms with Crippen LogP contribution in [0, 0.1) is 11.8 Å². The SMILES string of the molecule is C1=C(N2CC3CC(N4CCCCCC4)CC3C2)CCOC1. The Bertz CT molecular complexity index is 373. The lowest BCUT2D eigenvalue weighted by molar-refractivity contribution is 0.140. The molecule has 1 saturated carbocycles. The summed E-state index contributed by atoms with van der Waals surface area (Å²) >= 11 is 0. The number of likely N-dealkylation sites (tertiary alicyclic amines) is 2. The molecule has 0 amide bonds. The first kappa shape index (κ1) is 14.1. The van der Waals surface area contributed by atoms with Crippen molar-refractivity contribution in [1.29, 1.82) is 0 Å². The van der Waals surface area contributed by atoms with Crippen LogP contribution in [0.15, 0.2) is 11.8 Å². The molecule has 2 saturated heterocycles. The highest BCUT2D eigenvalue weighted by Gasteiger charge is 2.43. The van der Waals surface area contributed by atoms with Gasteiger partial charge in [0.1, 0.15) is 0 Å². The molecule has 4 aliphatic rings. The van der Waals surface area contributed by atoms with E-state index >= 15 is 0 Å². The van der Waals surface area contributed by atoms with Gasteiger partial charge in [-0.25, -0.2) is 0 Å². The molecule has 2 atom stereocenters. The average molecular weight is 290 g/mol. The Morgan fingerprint density at radius 1 is 0.952 bits per heavy atom. The number of ether oxygens (including phenoxy) is 1. The van der Waals surface area contributed by atoms with Gasteiger partial charge < -0.3 is 14.5 Å². The summed E-state index contributed by atoms with van der Waals surface area (Å²) in [5.41, 5.74) is 1.57. The Kier molecular flexibility index (Phi) is 4.22. The molecule has 3 aliphatic heterocycles. The number of nitrogens with zero attached hydrogens (tertiary/aromatic N) is 2. The maximum Gasteiger partial charge on any atom is 0.0667 e. The Balaban J connectivity index is 1.33. The largest absolute Gasteiger partial charge is 0.377 e. The molecular formula is C18H30N2O. The highest BCUT2D eigenvalue weighted by Crippen LogP contribution is 2.42. The summed E-state index contributed by atoms with van der Waals surface area (Å²) in [5.74, 6) is 1.92. The number of rotatable bonds is 2. The zero-order valence-corrected chi connectivity index (χ0v) is 13.3. The summed E-state index contributed by atoms with van der Waals surface area (Å²) in [6, 6.07) is 0.906. The van der Waals surface area contributed by atoms with Gasteiger partial charge in [-0.05, 0) is 56.7 Å². The molecule has 0 aromatic heterocycles. The van der Waals surface area contributed by atoms with Gasteiger partial charge in [-0.1, -0.05) is 12.8 Å². The Morgan fingerprint density at radius 3 is 2.29 bits per heavy atom. The van der Waals surface area contributed by atoms with Gasteiger partial charge in [0.2, 0.25) is 0 Å². The summed E-state index contributed by atoms with van der Waals surface area (Å²) in [6.45, 7) is 7.14. The minimum absolute atomic E-state index is 0.831. The molecule has 0 radical (unpaired) electrons. The lowest BCUT2D eigenvalue weighted by Crippen LogP contribution is -2.36. The second-order valence-corrected chi connectivity index (χ2v) is 7.52. The van der Waals surface area contributed by atoms with Crippen LogP contribution in [-0.4, -0.2) is 55.2 Å². The van der Waals surface area contributed by atoms with Crippen molar-refractivity contribution in [3.8, 4) is 0 Å². The zero-order valence-electron chi connectivity index (χ0n) is 13.3. The van der Waals surface area contributed by atoms with Crippen LogP contribution < -0.4 is 0 Å². The highest BCUT2D eigenvalue weighted by molar-refractivity contribution is 5.09. The van der Waals surface area contributed by atoms with Crippen molar-refractivity contribution in [3.63, 3.8) is 0 Å². The Morgan fingerprint density at radius 2 is 1.67 bits per heavy atom. The van der Waals surface area contributed by atoms with Gasteiger partial charge in [0.05, 0.1) is 13.2 Å². The summed E-state index contributed by atoms with van der Waals surface area (Å²) in [7, 11) is 0. The van der Waals surface area contributed by atoms with Crippen LogP contribution in [0.4, 0.5) is 0 Å². The maximum atomic E-state index is 5.45. The molecule has 0 N–H and O–H groups in total. The van der Waals surface area contributed by atoms with E-state index in [0.29, 0.717) is 0 Å². The average Bonchev–Trinajstić information content (AvgIpc) is 2.96. The molecule has 1 aliphatic carbocycles. The van der Waals surface area contributed by atoms with Crippen molar-refractivity contribution < 1.29 is 4.74 Å². The van der Waals surface area contributed by atoms with E-state index in [-0.39, 0.29) is 0 Å². The lowest BCUT2D eigenvalue weighted by atomic mass is 10.0. The second-order valence-electron chi connectivity index (χ2n) is 7.52. The third-order valence-corrected chi connectivity index (χ3v) is 6.23. The molecule has 2 unspecified atom stereocenters. The van der Waals surface area contributed by atoms with Crippen LogP contribution in [0.3, 0.4) is 0 Å². The summed E-state index contributed by atoms with van der Waals surface area (Å²) in [4.78, 5) is 5.51. The fourth-order valence-corrected chi connectivity index (χ4v) is 5.07. The minimum atomic E-state index is 0.831. The second kappa shape index (κ2) is 6.29. The van der Waals surface area contributed by atoms with Crippen molar-refractivity contribution in [2.45, 2.75) is 51.0 Å². The standard InChI is InChI=1S/C18H30N2O/c1-2-4-8-19(7-3-1)18-11-15-13-20(14-16(15)12-18)17-5-9-21-10-6-17/h5,15-16,18H,1-4,6-14H2. The molecule has 0 aromatic carbocycles. The van der Waals surface area contributed by atoms with Gasteiger partial charge in [-0.2, -0.15) is 0 Å². The van der Waals surface area contributed by atoms with E-state index in [1.165, 1.54) is 64.7 Å². The molecule has 3 nitrogen and oxygen atoms in total. The van der Waals surface area contributed by atoms with Gasteiger partial charge in [-0.15, -0.1) is 0 Å². The molecule has 3 heteroatoms. The molecule has 118 valence electrons. The first-order chi connectivity index (χ1) is 10.4. The molecule has 21 heavy (non-hydrogen) atoms. The molecule has 0 aromatic rings. The third-order valence-electron chi connectivity index (χ3n) is 6.23. The van der Waals surface area contributed by atoms with Crippen molar-refractivity contribution in [2.24, 2.45) is 11.8 Å². The molecule has 3 fully saturated rings. The summed E-state index contributed by atoms with van der Waals surface area (Å²) in [6.07, 6.45) is 12.2. The van der Waals surface area contributed by atoms with E-state index in [4.69, 9.17) is 4.74 Å². The van der Waals surface area contributed by atoms with Crippen LogP contribution >= 0.6 is 0 Å². The first-order valence-corrected chi connectivity index (χ1v) is 9.16. The maximum absolute atomic E-state index is 5.45. The van der Waals surface area contributed by atoms with E-state index in [2.05, 4.69) is 15.9 Å². The van der Waals surface area contributed by atoms with Crippen LogP contribution in [-0.2, 0) is 4.74 Å². The van der Waals surface area contributed by atoms with E-state index in [0.717, 1.165) is 37.5 Å². The number of hydrogen-bond acceptors (Lipinski definition) is 3. The van der Waals surface area contributed by atoms with Crippen molar-refractivity contribution in [2.75, 3.05) is 39.4 Å². The normalized spacial score (nSPS) is 38.2. The van der Waals surface area contributed by atoms with Gasteiger partial charge in [0.25, 0.3) is 0 Å². The summed E-state index contributed by atoms with van der Waals surface area (Å²) < 4.78 is 5.45. The van der Waals surface area contributed by atoms with E-state index < -0.39 is 0 Å². The Labute approximate surface area is 129 Å². The number of fused-ring (bicyclic) bond motifs is 1. The minimum Gasteiger partial charge on any atom is -0.377 e. The van der Waals surface area contributed by atoms with Gasteiger partial charge >= 0.3 is 0 Å². The fraction of sp³-hybridized carbons (Fsp3) is 0.889. The van der Waals surface area contributed by atoms with Crippen LogP contribution in [0.5, 0.6) is 0 Å². The lowest BCUT2D eigenvalue weighted by Gasteiger charge is -2.30. The molecule has 0 spiro atoms. The van der Waals surface area contributed by atoms with E-state index in [1.54, 1.807) is 5.70 Å². The smallest absolute Gasteiger partial charge is 0.0667 e. The van der Waals surface area contributed by atoms with E-state index in [1.807, 2.05) is 0 Å². The third kappa shape index (κ3) is 3.00. The van der Waals surface area contributed by atoms with Gasteiger partial charge in [0.15, 0.2) is 0 Å². The van der Waals surface area contributed by atoms with Crippen LogP contribution in [0.25, 0.3) is 0 Å². The number of hydrogen-bond donors (Lipinski definition) is 0. The summed E-state index contributed by atoms with van der Waals surface area (Å²) in [5, 5.41) is 0. The van der Waals surface area contributed by atoms with Crippen molar-refractivity contribution in [3.05, 3.63) is 11.8 Å². The van der Waals surface area contributed by atoms with Crippen LogP contribution in [0.2, 0.25) is 0 Å². The zero-order chi connectivity index (χ0) is 14.1. The monoisotopic (exact) mass is 290 g/mol. The highest BCUT2D eigenvalue weighted by atomic mass is 16.5. The molecule has 0 bridgehead atoms. The van der Waals surface area contributed by atoms with Crippen molar-refractivity contribution in [1.82, 2.24) is 9.80 Å². The van der Waals surface area contributed by atoms with E-state index in [9.17, 15) is 0 Å². The topological polar surface area (TPSA) is 15.7 Å².